The molecule has 0 aliphatic heterocycles. The van der Waals surface area contributed by atoms with Crippen molar-refractivity contribution in [1.29, 1.82) is 0 Å². The number of esters is 1. The largest absolute Gasteiger partial charge is 0.468 e. The predicted octanol–water partition coefficient (Wildman–Crippen LogP) is 0.890. The van der Waals surface area contributed by atoms with Gasteiger partial charge in [-0.05, 0) is 6.92 Å². The maximum Gasteiger partial charge on any atom is 0.322 e. The molecule has 0 bridgehead atoms. The van der Waals surface area contributed by atoms with E-state index in [1.165, 1.54) is 12.6 Å². The molecule has 0 amide bonds. The van der Waals surface area contributed by atoms with Crippen LogP contribution in [0.2, 0.25) is 0 Å². The highest BCUT2D eigenvalue weighted by Crippen LogP contribution is 1.85. The van der Waals surface area contributed by atoms with Crippen molar-refractivity contribution in [3.63, 3.8) is 0 Å². The van der Waals surface area contributed by atoms with Crippen LogP contribution in [-0.2, 0) is 9.53 Å². The van der Waals surface area contributed by atoms with Crippen LogP contribution in [0.25, 0.3) is 0 Å². The lowest BCUT2D eigenvalue weighted by Crippen LogP contribution is -2.34. The highest BCUT2D eigenvalue weighted by molar-refractivity contribution is 6.25. The molecule has 0 aromatic heterocycles. The van der Waals surface area contributed by atoms with Crippen molar-refractivity contribution in [2.75, 3.05) is 13.7 Å². The van der Waals surface area contributed by atoms with E-state index in [0.717, 1.165) is 0 Å². The molecule has 1 unspecified atom stereocenters. The van der Waals surface area contributed by atoms with Gasteiger partial charge in [-0.3, -0.25) is 4.79 Å². The Morgan fingerprint density at radius 3 is 2.91 bits per heavy atom. The molecule has 0 radical (unpaired) electrons. The number of hydrogen-bond acceptors (Lipinski definition) is 3. The van der Waals surface area contributed by atoms with Crippen molar-refractivity contribution in [2.45, 2.75) is 13.0 Å². The quantitative estimate of drug-likeness (QED) is 0.649. The van der Waals surface area contributed by atoms with Crippen LogP contribution >= 0.6 is 11.6 Å². The van der Waals surface area contributed by atoms with E-state index < -0.39 is 0 Å². The summed E-state index contributed by atoms with van der Waals surface area (Å²) in [6.07, 6.45) is 1.71. The Balaban J connectivity index is 3.51. The third kappa shape index (κ3) is 4.81. The third-order valence-corrected chi connectivity index (χ3v) is 1.36. The second-order valence-electron chi connectivity index (χ2n) is 2.01. The average Bonchev–Trinajstić information content (AvgIpc) is 2.03. The molecule has 0 saturated carbocycles. The number of methoxy groups -OCH3 is 1. The number of ether oxygens (including phenoxy) is 1. The molecule has 0 aromatic carbocycles. The molecule has 0 aromatic rings. The van der Waals surface area contributed by atoms with E-state index in [0.29, 0.717) is 6.54 Å². The van der Waals surface area contributed by atoms with Gasteiger partial charge >= 0.3 is 5.97 Å². The van der Waals surface area contributed by atoms with E-state index >= 15 is 0 Å². The van der Waals surface area contributed by atoms with Crippen molar-refractivity contribution >= 4 is 17.6 Å². The van der Waals surface area contributed by atoms with Gasteiger partial charge in [-0.1, -0.05) is 17.7 Å². The SMILES string of the molecule is COC(=O)C(C)NC/C=C/Cl. The monoisotopic (exact) mass is 177 g/mol. The molecular formula is C7H12ClNO2. The van der Waals surface area contributed by atoms with Crippen LogP contribution in [0.3, 0.4) is 0 Å². The van der Waals surface area contributed by atoms with E-state index in [9.17, 15) is 4.79 Å². The zero-order chi connectivity index (χ0) is 8.69. The fourth-order valence-corrected chi connectivity index (χ4v) is 0.639. The first kappa shape index (κ1) is 10.5. The first-order chi connectivity index (χ1) is 5.22. The summed E-state index contributed by atoms with van der Waals surface area (Å²) in [7, 11) is 1.36. The zero-order valence-corrected chi connectivity index (χ0v) is 7.39. The van der Waals surface area contributed by atoms with Gasteiger partial charge in [0.25, 0.3) is 0 Å². The highest BCUT2D eigenvalue weighted by atomic mass is 35.5. The predicted molar refractivity (Wildman–Crippen MR) is 44.5 cm³/mol. The molecule has 0 saturated heterocycles. The maximum absolute atomic E-state index is 10.8. The number of nitrogens with one attached hydrogen (secondary N) is 1. The van der Waals surface area contributed by atoms with Crippen LogP contribution in [0, 0.1) is 0 Å². The fourth-order valence-electron chi connectivity index (χ4n) is 0.549. The summed E-state index contributed by atoms with van der Waals surface area (Å²) < 4.78 is 4.48. The molecule has 4 heteroatoms. The molecular weight excluding hydrogens is 166 g/mol. The Labute approximate surface area is 71.4 Å². The highest BCUT2D eigenvalue weighted by Gasteiger charge is 2.09. The van der Waals surface area contributed by atoms with Gasteiger partial charge in [-0.2, -0.15) is 0 Å². The van der Waals surface area contributed by atoms with Crippen molar-refractivity contribution in [3.05, 3.63) is 11.6 Å². The molecule has 0 heterocycles. The van der Waals surface area contributed by atoms with Crippen LogP contribution in [0.5, 0.6) is 0 Å². The normalized spacial score (nSPS) is 13.4. The lowest BCUT2D eigenvalue weighted by Gasteiger charge is -2.08. The van der Waals surface area contributed by atoms with E-state index in [1.54, 1.807) is 13.0 Å². The summed E-state index contributed by atoms with van der Waals surface area (Å²) in [5.74, 6) is -0.270. The van der Waals surface area contributed by atoms with Gasteiger partial charge in [0.15, 0.2) is 0 Å². The molecule has 0 aliphatic rings. The summed E-state index contributed by atoms with van der Waals surface area (Å²) in [4.78, 5) is 10.8. The molecule has 1 atom stereocenters. The minimum absolute atomic E-state index is 0.270. The van der Waals surface area contributed by atoms with E-state index in [-0.39, 0.29) is 12.0 Å². The Morgan fingerprint density at radius 2 is 2.45 bits per heavy atom. The Hall–Kier alpha value is -0.540. The van der Waals surface area contributed by atoms with Gasteiger partial charge in [-0.25, -0.2) is 0 Å². The smallest absolute Gasteiger partial charge is 0.322 e. The Bertz CT molecular complexity index is 147. The molecule has 0 aliphatic carbocycles. The van der Waals surface area contributed by atoms with Gasteiger partial charge in [0.05, 0.1) is 7.11 Å². The van der Waals surface area contributed by atoms with Crippen molar-refractivity contribution < 1.29 is 9.53 Å². The van der Waals surface area contributed by atoms with E-state index in [4.69, 9.17) is 11.6 Å². The minimum atomic E-state index is -0.284. The molecule has 11 heavy (non-hydrogen) atoms. The molecule has 0 rings (SSSR count). The Kier molecular flexibility index (Phi) is 5.88. The first-order valence-corrected chi connectivity index (χ1v) is 3.72. The van der Waals surface area contributed by atoms with Crippen LogP contribution < -0.4 is 5.32 Å². The van der Waals surface area contributed by atoms with Crippen LogP contribution in [0.4, 0.5) is 0 Å². The number of carbonyl (C=O) groups is 1. The zero-order valence-electron chi connectivity index (χ0n) is 6.63. The minimum Gasteiger partial charge on any atom is -0.468 e. The summed E-state index contributed by atoms with van der Waals surface area (Å²) >= 11 is 5.26. The molecule has 1 N–H and O–H groups in total. The van der Waals surface area contributed by atoms with Gasteiger partial charge in [-0.15, -0.1) is 0 Å². The standard InChI is InChI=1S/C7H12ClNO2/c1-6(7(10)11-2)9-5-3-4-8/h3-4,6,9H,5H2,1-2H3/b4-3+. The summed E-state index contributed by atoms with van der Waals surface area (Å²) in [5.41, 5.74) is 1.40. The first-order valence-electron chi connectivity index (χ1n) is 3.28. The van der Waals surface area contributed by atoms with Gasteiger partial charge < -0.3 is 10.1 Å². The van der Waals surface area contributed by atoms with E-state index in [1.807, 2.05) is 0 Å². The van der Waals surface area contributed by atoms with Crippen LogP contribution in [0.1, 0.15) is 6.92 Å². The number of hydrogen-bond donors (Lipinski definition) is 1. The van der Waals surface area contributed by atoms with Gasteiger partial charge in [0.2, 0.25) is 0 Å². The van der Waals surface area contributed by atoms with Crippen molar-refractivity contribution in [3.8, 4) is 0 Å². The summed E-state index contributed by atoms with van der Waals surface area (Å²) in [6.45, 7) is 2.30. The van der Waals surface area contributed by atoms with Gasteiger partial charge in [0, 0.05) is 12.1 Å². The maximum atomic E-state index is 10.8. The molecule has 3 nitrogen and oxygen atoms in total. The molecule has 0 spiro atoms. The number of halogens is 1. The van der Waals surface area contributed by atoms with Crippen molar-refractivity contribution in [1.82, 2.24) is 5.32 Å². The second-order valence-corrected chi connectivity index (χ2v) is 2.27. The number of rotatable bonds is 4. The summed E-state index contributed by atoms with van der Waals surface area (Å²) in [5, 5.41) is 2.89. The second kappa shape index (κ2) is 6.19. The molecule has 0 fully saturated rings. The van der Waals surface area contributed by atoms with Crippen LogP contribution in [0.15, 0.2) is 11.6 Å². The van der Waals surface area contributed by atoms with Crippen molar-refractivity contribution in [2.24, 2.45) is 0 Å². The average molecular weight is 178 g/mol. The van der Waals surface area contributed by atoms with Gasteiger partial charge in [0.1, 0.15) is 6.04 Å². The lowest BCUT2D eigenvalue weighted by molar-refractivity contribution is -0.142. The van der Waals surface area contributed by atoms with E-state index in [2.05, 4.69) is 10.1 Å². The molecule has 64 valence electrons. The topological polar surface area (TPSA) is 38.3 Å². The lowest BCUT2D eigenvalue weighted by atomic mass is 10.3. The van der Waals surface area contributed by atoms with Crippen LogP contribution in [-0.4, -0.2) is 25.7 Å². The number of carbonyl (C=O) groups excluding carboxylic acids is 1. The third-order valence-electron chi connectivity index (χ3n) is 1.19. The fraction of sp³-hybridized carbons (Fsp3) is 0.571. The summed E-state index contributed by atoms with van der Waals surface area (Å²) in [6, 6.07) is -0.284. The Morgan fingerprint density at radius 1 is 1.82 bits per heavy atom.